The number of ether oxygens (including phenoxy) is 1. The summed E-state index contributed by atoms with van der Waals surface area (Å²) in [6, 6.07) is 82.5. The minimum atomic E-state index is -0.558. The van der Waals surface area contributed by atoms with Crippen molar-refractivity contribution in [2.24, 2.45) is 0 Å². The van der Waals surface area contributed by atoms with Gasteiger partial charge < -0.3 is 14.1 Å². The molecule has 0 saturated carbocycles. The third kappa shape index (κ3) is 4.54. The fraction of sp³-hybridized carbons (Fsp3) is 0.0323. The molecule has 3 heterocycles. The van der Waals surface area contributed by atoms with Gasteiger partial charge in [-0.25, -0.2) is 0 Å². The molecule has 3 nitrogen and oxygen atoms in total. The van der Waals surface area contributed by atoms with E-state index in [1.165, 1.54) is 65.4 Å². The Hall–Kier alpha value is -8.05. The first kappa shape index (κ1) is 36.3. The minimum absolute atomic E-state index is 0.462. The van der Waals surface area contributed by atoms with Crippen LogP contribution < -0.4 is 9.64 Å². The highest BCUT2D eigenvalue weighted by Gasteiger charge is 2.52. The lowest BCUT2D eigenvalue weighted by Crippen LogP contribution is -2.32. The molecule has 2 aliphatic carbocycles. The van der Waals surface area contributed by atoms with Crippen LogP contribution in [0.25, 0.3) is 44.2 Å². The molecule has 0 unspecified atom stereocenters. The first-order valence-electron chi connectivity index (χ1n) is 22.7. The second-order valence-corrected chi connectivity index (χ2v) is 18.9. The third-order valence-corrected chi connectivity index (χ3v) is 16.0. The van der Waals surface area contributed by atoms with Crippen molar-refractivity contribution in [1.29, 1.82) is 0 Å². The topological polar surface area (TPSA) is 25.6 Å². The van der Waals surface area contributed by atoms with E-state index in [-0.39, 0.29) is 0 Å². The van der Waals surface area contributed by atoms with E-state index in [0.717, 1.165) is 61.6 Å². The number of benzene rings is 10. The Labute approximate surface area is 386 Å². The van der Waals surface area contributed by atoms with Crippen LogP contribution in [0.15, 0.2) is 239 Å². The highest BCUT2D eigenvalue weighted by molar-refractivity contribution is 7.99. The molecule has 0 N–H and O–H groups in total. The summed E-state index contributed by atoms with van der Waals surface area (Å²) in [5, 5.41) is 2.18. The summed E-state index contributed by atoms with van der Waals surface area (Å²) in [6.45, 7) is 0. The van der Waals surface area contributed by atoms with Gasteiger partial charge in [0.25, 0.3) is 0 Å². The molecule has 0 bridgehead atoms. The summed E-state index contributed by atoms with van der Waals surface area (Å²) in [6.07, 6.45) is 0. The molecule has 4 aliphatic rings. The van der Waals surface area contributed by atoms with E-state index in [2.05, 4.69) is 229 Å². The highest BCUT2D eigenvalue weighted by Crippen LogP contribution is 2.65. The van der Waals surface area contributed by atoms with Crippen LogP contribution in [-0.4, -0.2) is 0 Å². The van der Waals surface area contributed by atoms with Gasteiger partial charge in [0.15, 0.2) is 0 Å². The standard InChI is InChI=1S/C62H37NO2S/c1-4-19-45-40(16-1)43-36-38(32-34-47(43)61(45)49-21-6-11-27-55(49)65-56-28-12-7-22-50(56)61)63(53-25-15-29-57-60(53)42-18-3-10-26-54(42)64-57)39-33-35-48-44(37-39)41-17-2-5-20-46(41)62(48)51-23-8-13-30-58(51)66-59-31-14-9-24-52(59)62/h1-37H. The SMILES string of the molecule is c1ccc2c(c1)Oc1ccccc1C21c2ccccc2-c2cc(N(c3ccc4c(c3)-c3ccccc3C43c4ccccc4Sc4ccccc43)c3cccc4oc5ccccc5c34)ccc21. The molecule has 4 heteroatoms. The first-order chi connectivity index (χ1) is 32.7. The second kappa shape index (κ2) is 13.3. The molecule has 10 aromatic carbocycles. The molecular weight excluding hydrogens is 823 g/mol. The lowest BCUT2D eigenvalue weighted by atomic mass is 9.66. The van der Waals surface area contributed by atoms with Crippen molar-refractivity contribution >= 4 is 50.8 Å². The van der Waals surface area contributed by atoms with Gasteiger partial charge in [-0.2, -0.15) is 0 Å². The Bertz CT molecular complexity index is 3590. The van der Waals surface area contributed by atoms with E-state index in [1.807, 2.05) is 11.8 Å². The van der Waals surface area contributed by atoms with E-state index in [1.54, 1.807) is 0 Å². The van der Waals surface area contributed by atoms with Gasteiger partial charge in [-0.3, -0.25) is 0 Å². The summed E-state index contributed by atoms with van der Waals surface area (Å²) < 4.78 is 13.3. The number of nitrogens with zero attached hydrogens (tertiary/aromatic N) is 1. The Morgan fingerprint density at radius 3 is 1.41 bits per heavy atom. The first-order valence-corrected chi connectivity index (χ1v) is 23.5. The summed E-state index contributed by atoms with van der Waals surface area (Å²) in [5.74, 6) is 1.78. The Kier molecular flexibility index (Phi) is 7.29. The van der Waals surface area contributed by atoms with Gasteiger partial charge in [-0.1, -0.05) is 169 Å². The second-order valence-electron chi connectivity index (χ2n) is 17.8. The fourth-order valence-corrected chi connectivity index (χ4v) is 13.5. The fourth-order valence-electron chi connectivity index (χ4n) is 12.3. The predicted molar refractivity (Wildman–Crippen MR) is 267 cm³/mol. The average molecular weight is 860 g/mol. The van der Waals surface area contributed by atoms with Gasteiger partial charge in [0.05, 0.1) is 21.9 Å². The van der Waals surface area contributed by atoms with Crippen molar-refractivity contribution in [3.8, 4) is 33.8 Å². The number of anilines is 3. The Morgan fingerprint density at radius 2 is 0.803 bits per heavy atom. The number of rotatable bonds is 3. The lowest BCUT2D eigenvalue weighted by molar-refractivity contribution is 0.436. The molecule has 1 aromatic heterocycles. The van der Waals surface area contributed by atoms with E-state index < -0.39 is 10.8 Å². The molecule has 15 rings (SSSR count). The zero-order valence-corrected chi connectivity index (χ0v) is 36.4. The molecule has 308 valence electrons. The largest absolute Gasteiger partial charge is 0.457 e. The van der Waals surface area contributed by atoms with Crippen molar-refractivity contribution in [2.45, 2.75) is 20.6 Å². The molecule has 0 atom stereocenters. The van der Waals surface area contributed by atoms with Gasteiger partial charge in [0.2, 0.25) is 0 Å². The van der Waals surface area contributed by atoms with Crippen LogP contribution >= 0.6 is 11.8 Å². The van der Waals surface area contributed by atoms with Crippen molar-refractivity contribution in [3.63, 3.8) is 0 Å². The summed E-state index contributed by atoms with van der Waals surface area (Å²) in [5.41, 5.74) is 19.0. The number of furan rings is 1. The quantitative estimate of drug-likeness (QED) is 0.177. The van der Waals surface area contributed by atoms with Crippen LogP contribution in [0.2, 0.25) is 0 Å². The molecule has 66 heavy (non-hydrogen) atoms. The average Bonchev–Trinajstić information content (AvgIpc) is 4.00. The maximum Gasteiger partial charge on any atom is 0.137 e. The molecule has 0 saturated heterocycles. The number of hydrogen-bond donors (Lipinski definition) is 0. The van der Waals surface area contributed by atoms with Gasteiger partial charge in [-0.05, 0) is 122 Å². The van der Waals surface area contributed by atoms with Crippen LogP contribution in [-0.2, 0) is 10.8 Å². The van der Waals surface area contributed by atoms with E-state index in [9.17, 15) is 0 Å². The van der Waals surface area contributed by atoms with Crippen molar-refractivity contribution < 1.29 is 9.15 Å². The summed E-state index contributed by atoms with van der Waals surface area (Å²) in [7, 11) is 0. The van der Waals surface area contributed by atoms with Crippen molar-refractivity contribution in [1.82, 2.24) is 0 Å². The molecule has 0 radical (unpaired) electrons. The molecular formula is C62H37NO2S. The molecule has 0 fully saturated rings. The molecule has 0 amide bonds. The summed E-state index contributed by atoms with van der Waals surface area (Å²) >= 11 is 1.88. The smallest absolute Gasteiger partial charge is 0.137 e. The zero-order valence-electron chi connectivity index (χ0n) is 35.5. The van der Waals surface area contributed by atoms with Crippen LogP contribution in [0.5, 0.6) is 11.5 Å². The number of hydrogen-bond acceptors (Lipinski definition) is 4. The monoisotopic (exact) mass is 859 g/mol. The Morgan fingerprint density at radius 1 is 0.348 bits per heavy atom. The molecule has 2 aliphatic heterocycles. The van der Waals surface area contributed by atoms with Crippen LogP contribution in [0.4, 0.5) is 17.1 Å². The van der Waals surface area contributed by atoms with Gasteiger partial charge in [0, 0.05) is 37.7 Å². The van der Waals surface area contributed by atoms with Crippen LogP contribution in [0, 0.1) is 0 Å². The highest BCUT2D eigenvalue weighted by atomic mass is 32.2. The van der Waals surface area contributed by atoms with Crippen LogP contribution in [0.1, 0.15) is 44.5 Å². The van der Waals surface area contributed by atoms with Gasteiger partial charge >= 0.3 is 0 Å². The molecule has 2 spiro atoms. The van der Waals surface area contributed by atoms with Crippen LogP contribution in [0.3, 0.4) is 0 Å². The van der Waals surface area contributed by atoms with Crippen molar-refractivity contribution in [3.05, 3.63) is 269 Å². The maximum atomic E-state index is 6.66. The predicted octanol–water partition coefficient (Wildman–Crippen LogP) is 16.4. The Balaban J connectivity index is 1.01. The third-order valence-electron chi connectivity index (χ3n) is 14.8. The van der Waals surface area contributed by atoms with Gasteiger partial charge in [0.1, 0.15) is 22.7 Å². The number of fused-ring (bicyclic) bond motifs is 21. The number of para-hydroxylation sites is 3. The van der Waals surface area contributed by atoms with Crippen molar-refractivity contribution in [2.75, 3.05) is 4.90 Å². The minimum Gasteiger partial charge on any atom is -0.457 e. The van der Waals surface area contributed by atoms with E-state index in [0.29, 0.717) is 0 Å². The van der Waals surface area contributed by atoms with E-state index in [4.69, 9.17) is 9.15 Å². The zero-order chi connectivity index (χ0) is 43.1. The van der Waals surface area contributed by atoms with Gasteiger partial charge in [-0.15, -0.1) is 0 Å². The normalized spacial score (nSPS) is 14.7. The maximum absolute atomic E-state index is 6.66. The molecule has 11 aromatic rings. The van der Waals surface area contributed by atoms with E-state index >= 15 is 0 Å². The summed E-state index contributed by atoms with van der Waals surface area (Å²) in [4.78, 5) is 5.07. The lowest BCUT2D eigenvalue weighted by Gasteiger charge is -2.39.